The molecule has 0 spiro atoms. The number of aromatic nitrogens is 1. The molecule has 9 aromatic carbocycles. The highest BCUT2D eigenvalue weighted by Crippen LogP contribution is 2.50. The molecule has 7 nitrogen and oxygen atoms in total. The van der Waals surface area contributed by atoms with Crippen molar-refractivity contribution in [1.29, 1.82) is 0 Å². The van der Waals surface area contributed by atoms with Gasteiger partial charge in [0.25, 0.3) is 6.71 Å². The maximum Gasteiger partial charge on any atom is 0.279 e. The van der Waals surface area contributed by atoms with Gasteiger partial charge in [-0.2, -0.15) is 0 Å². The summed E-state index contributed by atoms with van der Waals surface area (Å²) in [4.78, 5) is 13.0. The number of hydrogen-bond donors (Lipinski definition) is 0. The van der Waals surface area contributed by atoms with Gasteiger partial charge in [-0.05, 0) is 176 Å². The maximum absolute atomic E-state index is 7.49. The first kappa shape index (κ1) is 50.5. The van der Waals surface area contributed by atoms with Crippen LogP contribution in [0.2, 0.25) is 0 Å². The van der Waals surface area contributed by atoms with Crippen LogP contribution in [0.15, 0.2) is 201 Å². The third-order valence-corrected chi connectivity index (χ3v) is 16.9. The Hall–Kier alpha value is -8.75. The summed E-state index contributed by atoms with van der Waals surface area (Å²) in [5.41, 5.74) is 20.5. The fraction of sp³-hybridized carbons (Fsp3) is 0.219. The molecule has 0 amide bonds. The molecule has 0 fully saturated rings. The van der Waals surface area contributed by atoms with Crippen LogP contribution >= 0.6 is 0 Å². The van der Waals surface area contributed by atoms with E-state index in [9.17, 15) is 0 Å². The van der Waals surface area contributed by atoms with Gasteiger partial charge in [0.15, 0.2) is 0 Å². The first-order chi connectivity index (χ1) is 38.7. The minimum Gasteiger partial charge on any atom is -0.456 e. The topological polar surface area (TPSA) is 62.0 Å². The molecular weight excluding hydrogens is 992 g/mol. The Kier molecular flexibility index (Phi) is 11.1. The third kappa shape index (κ3) is 8.35. The van der Waals surface area contributed by atoms with E-state index in [1.165, 1.54) is 22.3 Å². The molecule has 0 saturated heterocycles. The van der Waals surface area contributed by atoms with E-state index in [0.717, 1.165) is 111 Å². The van der Waals surface area contributed by atoms with Crippen molar-refractivity contribution in [2.45, 2.75) is 105 Å². The molecule has 12 aromatic rings. The lowest BCUT2D eigenvalue weighted by atomic mass is 9.35. The summed E-state index contributed by atoms with van der Waals surface area (Å²) in [5.74, 6) is 1.23. The fourth-order valence-electron chi connectivity index (χ4n) is 12.3. The van der Waals surface area contributed by atoms with Crippen molar-refractivity contribution in [3.8, 4) is 11.5 Å². The third-order valence-electron chi connectivity index (χ3n) is 16.9. The number of para-hydroxylation sites is 2. The van der Waals surface area contributed by atoms with E-state index in [2.05, 4.69) is 286 Å². The number of hydrogen-bond acceptors (Lipinski definition) is 7. The van der Waals surface area contributed by atoms with E-state index in [-0.39, 0.29) is 28.4 Å². The molecular formula is C73H67BN4O3. The smallest absolute Gasteiger partial charge is 0.279 e. The Morgan fingerprint density at radius 3 is 1.42 bits per heavy atom. The second kappa shape index (κ2) is 17.9. The van der Waals surface area contributed by atoms with E-state index in [1.54, 1.807) is 0 Å². The zero-order valence-electron chi connectivity index (χ0n) is 48.5. The molecule has 0 radical (unpaired) electrons. The molecule has 0 N–H and O–H groups in total. The van der Waals surface area contributed by atoms with Crippen molar-refractivity contribution in [2.24, 2.45) is 0 Å². The number of benzene rings is 9. The second-order valence-electron chi connectivity index (χ2n) is 26.6. The van der Waals surface area contributed by atoms with Crippen LogP contribution in [0.3, 0.4) is 0 Å². The number of furan rings is 2. The van der Waals surface area contributed by atoms with Crippen LogP contribution in [0, 0.1) is 0 Å². The molecule has 0 saturated carbocycles. The Labute approximate surface area is 475 Å². The first-order valence-corrected chi connectivity index (χ1v) is 28.5. The predicted octanol–water partition coefficient (Wildman–Crippen LogP) is 18.9. The molecule has 0 unspecified atom stereocenters. The number of rotatable bonds is 6. The van der Waals surface area contributed by atoms with Crippen molar-refractivity contribution in [3.05, 3.63) is 210 Å². The lowest BCUT2D eigenvalue weighted by molar-refractivity contribution is 0.579. The zero-order chi connectivity index (χ0) is 56.1. The molecule has 2 aliphatic heterocycles. The summed E-state index contributed by atoms with van der Waals surface area (Å²) in [7, 11) is 0. The summed E-state index contributed by atoms with van der Waals surface area (Å²) < 4.78 is 20.6. The van der Waals surface area contributed by atoms with E-state index < -0.39 is 0 Å². The van der Waals surface area contributed by atoms with Gasteiger partial charge in [-0.3, -0.25) is 4.90 Å². The fourth-order valence-corrected chi connectivity index (χ4v) is 12.3. The monoisotopic (exact) mass is 1060 g/mol. The van der Waals surface area contributed by atoms with Gasteiger partial charge in [0, 0.05) is 72.6 Å². The SMILES string of the molecule is CC(C)(C)c1ccc(N2c3cc(N(c4ccccc4)c4ccccc4)ccc3B3c4nc(-c5ccc6oc7ccc(C(C)(C)C)cc7c6c5)oc4N(c4ccc5oc6ccc(C(C)(C)C)cc6c5c4)c4cc(C(C)(C)C)cc2c43)cc1. The lowest BCUT2D eigenvalue weighted by Crippen LogP contribution is -2.61. The zero-order valence-corrected chi connectivity index (χ0v) is 48.5. The molecule has 3 aromatic heterocycles. The Bertz CT molecular complexity index is 4420. The molecule has 0 atom stereocenters. The summed E-state index contributed by atoms with van der Waals surface area (Å²) in [6.07, 6.45) is 0. The second-order valence-corrected chi connectivity index (χ2v) is 26.6. The Morgan fingerprint density at radius 2 is 0.864 bits per heavy atom. The number of fused-ring (bicyclic) bond motifs is 10. The van der Waals surface area contributed by atoms with Gasteiger partial charge >= 0.3 is 0 Å². The molecule has 400 valence electrons. The Balaban J connectivity index is 1.06. The summed E-state index contributed by atoms with van der Waals surface area (Å²) >= 11 is 0. The van der Waals surface area contributed by atoms with Gasteiger partial charge in [0.2, 0.25) is 11.8 Å². The molecule has 14 rings (SSSR count). The van der Waals surface area contributed by atoms with Gasteiger partial charge in [-0.1, -0.05) is 150 Å². The summed E-state index contributed by atoms with van der Waals surface area (Å²) in [6.45, 7) is 27.0. The first-order valence-electron chi connectivity index (χ1n) is 28.5. The normalized spacial score (nSPS) is 13.6. The van der Waals surface area contributed by atoms with Gasteiger partial charge < -0.3 is 23.1 Å². The quantitative estimate of drug-likeness (QED) is 0.154. The summed E-state index contributed by atoms with van der Waals surface area (Å²) in [6, 6.07) is 68.6. The van der Waals surface area contributed by atoms with Gasteiger partial charge in [-0.25, -0.2) is 4.98 Å². The van der Waals surface area contributed by atoms with Crippen molar-refractivity contribution in [1.82, 2.24) is 4.98 Å². The van der Waals surface area contributed by atoms with Crippen LogP contribution in [0.5, 0.6) is 0 Å². The van der Waals surface area contributed by atoms with Crippen LogP contribution in [0.1, 0.15) is 105 Å². The van der Waals surface area contributed by atoms with Crippen molar-refractivity contribution >= 4 is 118 Å². The van der Waals surface area contributed by atoms with Crippen LogP contribution in [-0.2, 0) is 21.7 Å². The average molecular weight is 1060 g/mol. The molecule has 0 bridgehead atoms. The molecule has 5 heterocycles. The molecule has 2 aliphatic rings. The largest absolute Gasteiger partial charge is 0.456 e. The van der Waals surface area contributed by atoms with Crippen LogP contribution in [-0.4, -0.2) is 11.7 Å². The van der Waals surface area contributed by atoms with Crippen molar-refractivity contribution in [2.75, 3.05) is 14.7 Å². The van der Waals surface area contributed by atoms with Crippen molar-refractivity contribution < 1.29 is 13.3 Å². The molecule has 81 heavy (non-hydrogen) atoms. The minimum absolute atomic E-state index is 0.0321. The standard InChI is InChI=1S/C73H67BN4O3/c1-70(2,3)45-24-28-51(29-25-45)77-59-43-53(76(49-19-15-13-16-20-49)50-21-17-14-18-22-50)30-32-58(59)74-66-60(77)40-48(73(10,11)12)41-61(66)78(52-31-36-65-57(42-52)56-39-47(72(7,8)9)27-35-64(56)80-65)69-67(74)75-68(81-69)44-23-33-62-54(37-44)55-38-46(71(4,5)6)26-34-63(55)79-62/h13-43H,1-12H3. The number of anilines is 9. The molecule has 0 aliphatic carbocycles. The van der Waals surface area contributed by atoms with Crippen molar-refractivity contribution in [3.63, 3.8) is 0 Å². The van der Waals surface area contributed by atoms with E-state index in [0.29, 0.717) is 11.8 Å². The van der Waals surface area contributed by atoms with Gasteiger partial charge in [0.05, 0.1) is 5.59 Å². The highest BCUT2D eigenvalue weighted by Gasteiger charge is 2.48. The predicted molar refractivity (Wildman–Crippen MR) is 340 cm³/mol. The summed E-state index contributed by atoms with van der Waals surface area (Å²) in [5, 5.41) is 4.23. The highest BCUT2D eigenvalue weighted by atomic mass is 16.4. The average Bonchev–Trinajstić information content (AvgIpc) is 2.83. The number of nitrogens with zero attached hydrogens (tertiary/aromatic N) is 4. The van der Waals surface area contributed by atoms with Gasteiger partial charge in [-0.15, -0.1) is 0 Å². The van der Waals surface area contributed by atoms with Crippen LogP contribution < -0.4 is 31.2 Å². The van der Waals surface area contributed by atoms with E-state index >= 15 is 0 Å². The molecule has 8 heteroatoms. The maximum atomic E-state index is 7.49. The minimum atomic E-state index is -0.315. The highest BCUT2D eigenvalue weighted by molar-refractivity contribution is 6.99. The van der Waals surface area contributed by atoms with Crippen LogP contribution in [0.25, 0.3) is 55.3 Å². The van der Waals surface area contributed by atoms with E-state index in [1.807, 2.05) is 0 Å². The van der Waals surface area contributed by atoms with Crippen LogP contribution in [0.4, 0.5) is 51.4 Å². The van der Waals surface area contributed by atoms with Gasteiger partial charge in [0.1, 0.15) is 22.3 Å². The lowest BCUT2D eigenvalue weighted by Gasteiger charge is -2.43. The number of oxazole rings is 1. The van der Waals surface area contributed by atoms with E-state index in [4.69, 9.17) is 18.2 Å². The Morgan fingerprint density at radius 1 is 0.383 bits per heavy atom.